The second kappa shape index (κ2) is 4.50. The number of rotatable bonds is 2. The highest BCUT2D eigenvalue weighted by atomic mass is 16.6. The van der Waals surface area contributed by atoms with E-state index in [2.05, 4.69) is 5.29 Å². The Morgan fingerprint density at radius 1 is 1.07 bits per heavy atom. The molecule has 2 rings (SSSR count). The molecule has 0 amide bonds. The number of benzene rings is 2. The summed E-state index contributed by atoms with van der Waals surface area (Å²) in [6.45, 7) is 0. The van der Waals surface area contributed by atoms with E-state index in [0.29, 0.717) is 0 Å². The fourth-order valence-electron chi connectivity index (χ4n) is 1.34. The lowest BCUT2D eigenvalue weighted by molar-refractivity contribution is 1.07. The Morgan fingerprint density at radius 3 is 2.40 bits per heavy atom. The number of nitrogens with zero attached hydrogens (tertiary/aromatic N) is 2. The minimum Gasteiger partial charge on any atom is -0.735 e. The summed E-state index contributed by atoms with van der Waals surface area (Å²) in [5.74, 6) is 0. The lowest BCUT2D eigenvalue weighted by atomic mass is 10.1. The van der Waals surface area contributed by atoms with Crippen LogP contribution < -0.4 is 11.3 Å². The summed E-state index contributed by atoms with van der Waals surface area (Å²) in [4.78, 5) is 10.0. The summed E-state index contributed by atoms with van der Waals surface area (Å²) in [5.41, 5.74) is 0.249. The molecule has 5 nitrogen and oxygen atoms in total. The predicted octanol–water partition coefficient (Wildman–Crippen LogP) is 3.20. The van der Waals surface area contributed by atoms with Gasteiger partial charge >= 0.3 is 0 Å². The van der Waals surface area contributed by atoms with E-state index in [4.69, 9.17) is 0 Å². The number of anilines is 1. The number of quaternary nitrogens is 1. The van der Waals surface area contributed by atoms with E-state index in [9.17, 15) is 10.1 Å². The van der Waals surface area contributed by atoms with Crippen LogP contribution in [0.3, 0.4) is 0 Å². The number of hydrogen-bond acceptors (Lipinski definition) is 3. The normalized spacial score (nSPS) is 9.40. The van der Waals surface area contributed by atoms with Gasteiger partial charge in [0.1, 0.15) is 0 Å². The highest BCUT2D eigenvalue weighted by Crippen LogP contribution is 2.21. The zero-order chi connectivity index (χ0) is 9.97. The zero-order valence-electron chi connectivity index (χ0n) is 8.25. The molecule has 2 aromatic carbocycles. The average molecular weight is 205 g/mol. The first-order chi connectivity index (χ1) is 6.81. The standard InChI is InChI=1S/C10H7N2O2.H3N/c13-11-12(14)10-6-5-8-3-1-2-4-9(8)7-10;/h1-7H;1H3/q-1;/p+1. The van der Waals surface area contributed by atoms with Crippen molar-refractivity contribution in [2.24, 2.45) is 5.29 Å². The van der Waals surface area contributed by atoms with Gasteiger partial charge < -0.3 is 11.4 Å². The van der Waals surface area contributed by atoms with Crippen molar-refractivity contribution in [1.29, 1.82) is 0 Å². The van der Waals surface area contributed by atoms with Crippen LogP contribution in [0, 0.1) is 10.1 Å². The minimum atomic E-state index is 0. The van der Waals surface area contributed by atoms with E-state index in [1.807, 2.05) is 24.3 Å². The van der Waals surface area contributed by atoms with Crippen molar-refractivity contribution in [3.8, 4) is 0 Å². The van der Waals surface area contributed by atoms with E-state index >= 15 is 0 Å². The molecule has 15 heavy (non-hydrogen) atoms. The first-order valence-electron chi connectivity index (χ1n) is 4.10. The summed E-state index contributed by atoms with van der Waals surface area (Å²) in [5, 5.41) is 15.2. The van der Waals surface area contributed by atoms with Crippen LogP contribution in [0.15, 0.2) is 47.8 Å². The molecule has 4 N–H and O–H groups in total. The Bertz CT molecular complexity index is 473. The Balaban J connectivity index is 0.00000112. The molecule has 0 spiro atoms. The minimum absolute atomic E-state index is 0. The third-order valence-corrected chi connectivity index (χ3v) is 2.03. The third kappa shape index (κ3) is 2.09. The summed E-state index contributed by atoms with van der Waals surface area (Å²) < 4.78 is 0. The Labute approximate surface area is 86.4 Å². The molecule has 0 fully saturated rings. The molecule has 2 aromatic rings. The van der Waals surface area contributed by atoms with Gasteiger partial charge in [-0.05, 0) is 22.9 Å². The monoisotopic (exact) mass is 205 g/mol. The van der Waals surface area contributed by atoms with Crippen molar-refractivity contribution in [1.82, 2.24) is 6.15 Å². The van der Waals surface area contributed by atoms with E-state index in [1.165, 1.54) is 0 Å². The van der Waals surface area contributed by atoms with Gasteiger partial charge in [0.2, 0.25) is 0 Å². The fraction of sp³-hybridized carbons (Fsp3) is 0. The van der Waals surface area contributed by atoms with Gasteiger partial charge in [0, 0.05) is 5.29 Å². The van der Waals surface area contributed by atoms with Gasteiger partial charge in [0.25, 0.3) is 0 Å². The van der Waals surface area contributed by atoms with E-state index < -0.39 is 0 Å². The first kappa shape index (κ1) is 11.1. The average Bonchev–Trinajstić information content (AvgIpc) is 2.27. The SMILES string of the molecule is O=NN([O-])c1ccc2ccccc2c1.[NH4+]. The smallest absolute Gasteiger partial charge is 0.0506 e. The molecule has 0 aliphatic rings. The molecule has 0 heterocycles. The molecule has 0 radical (unpaired) electrons. The van der Waals surface area contributed by atoms with Gasteiger partial charge in [-0.3, -0.25) is 5.17 Å². The van der Waals surface area contributed by atoms with Crippen molar-refractivity contribution >= 4 is 16.5 Å². The maximum absolute atomic E-state index is 10.9. The lowest BCUT2D eigenvalue weighted by Gasteiger charge is -2.19. The van der Waals surface area contributed by atoms with Crippen molar-refractivity contribution in [2.45, 2.75) is 0 Å². The second-order valence-corrected chi connectivity index (χ2v) is 2.89. The van der Waals surface area contributed by atoms with Gasteiger partial charge in [0.15, 0.2) is 0 Å². The van der Waals surface area contributed by atoms with Crippen LogP contribution >= 0.6 is 0 Å². The number of hydrogen-bond donors (Lipinski definition) is 1. The molecule has 0 aliphatic carbocycles. The molecule has 0 aromatic heterocycles. The maximum atomic E-state index is 10.9. The fourth-order valence-corrected chi connectivity index (χ4v) is 1.34. The zero-order valence-corrected chi connectivity index (χ0v) is 8.25. The van der Waals surface area contributed by atoms with Crippen LogP contribution in [0.2, 0.25) is 0 Å². The van der Waals surface area contributed by atoms with Crippen LogP contribution in [0.4, 0.5) is 5.69 Å². The second-order valence-electron chi connectivity index (χ2n) is 2.89. The summed E-state index contributed by atoms with van der Waals surface area (Å²) in [6, 6.07) is 12.6. The largest absolute Gasteiger partial charge is 0.735 e. The highest BCUT2D eigenvalue weighted by Gasteiger charge is 1.96. The molecule has 0 bridgehead atoms. The summed E-state index contributed by atoms with van der Waals surface area (Å²) in [6.07, 6.45) is 0. The summed E-state index contributed by atoms with van der Waals surface area (Å²) in [7, 11) is 0. The van der Waals surface area contributed by atoms with Crippen LogP contribution in [0.25, 0.3) is 10.8 Å². The quantitative estimate of drug-likeness (QED) is 0.602. The van der Waals surface area contributed by atoms with Gasteiger partial charge in [-0.15, -0.1) is 4.91 Å². The molecular formula is C10H11N3O2. The van der Waals surface area contributed by atoms with E-state index in [-0.39, 0.29) is 17.0 Å². The highest BCUT2D eigenvalue weighted by molar-refractivity contribution is 5.85. The van der Waals surface area contributed by atoms with Crippen LogP contribution in [-0.2, 0) is 0 Å². The first-order valence-corrected chi connectivity index (χ1v) is 4.10. The maximum Gasteiger partial charge on any atom is 0.0506 e. The molecular weight excluding hydrogens is 194 g/mol. The lowest BCUT2D eigenvalue weighted by Crippen LogP contribution is -2.03. The van der Waals surface area contributed by atoms with Gasteiger partial charge in [-0.2, -0.15) is 0 Å². The Morgan fingerprint density at radius 2 is 1.73 bits per heavy atom. The van der Waals surface area contributed by atoms with Crippen LogP contribution in [0.1, 0.15) is 0 Å². The van der Waals surface area contributed by atoms with Crippen molar-refractivity contribution < 1.29 is 0 Å². The topological polar surface area (TPSA) is 92.2 Å². The van der Waals surface area contributed by atoms with E-state index in [1.54, 1.807) is 18.2 Å². The molecule has 0 unspecified atom stereocenters. The van der Waals surface area contributed by atoms with Gasteiger partial charge in [0.05, 0.1) is 5.69 Å². The Kier molecular flexibility index (Phi) is 3.33. The predicted molar refractivity (Wildman–Crippen MR) is 61.6 cm³/mol. The molecule has 0 saturated carbocycles. The van der Waals surface area contributed by atoms with Crippen LogP contribution in [0.5, 0.6) is 0 Å². The molecule has 5 heteroatoms. The van der Waals surface area contributed by atoms with Gasteiger partial charge in [-0.1, -0.05) is 30.3 Å². The molecule has 0 saturated heterocycles. The summed E-state index contributed by atoms with van der Waals surface area (Å²) >= 11 is 0. The van der Waals surface area contributed by atoms with Gasteiger partial charge in [-0.25, -0.2) is 0 Å². The molecule has 0 atom stereocenters. The van der Waals surface area contributed by atoms with Crippen molar-refractivity contribution in [3.63, 3.8) is 0 Å². The third-order valence-electron chi connectivity index (χ3n) is 2.03. The Hall–Kier alpha value is -1.98. The van der Waals surface area contributed by atoms with E-state index in [0.717, 1.165) is 10.8 Å². The molecule has 0 aliphatic heterocycles. The van der Waals surface area contributed by atoms with Crippen molar-refractivity contribution in [3.05, 3.63) is 52.6 Å². The number of fused-ring (bicyclic) bond motifs is 1. The van der Waals surface area contributed by atoms with Crippen molar-refractivity contribution in [2.75, 3.05) is 5.17 Å². The number of nitroso groups, excluding NO2 is 1. The molecule has 78 valence electrons. The van der Waals surface area contributed by atoms with Crippen LogP contribution in [-0.4, -0.2) is 0 Å².